The highest BCUT2D eigenvalue weighted by atomic mass is 14.4. The molecular formula is C20H34. The van der Waals surface area contributed by atoms with Crippen LogP contribution in [-0.2, 0) is 0 Å². The van der Waals surface area contributed by atoms with Crippen LogP contribution in [0.4, 0.5) is 0 Å². The van der Waals surface area contributed by atoms with Gasteiger partial charge >= 0.3 is 0 Å². The predicted molar refractivity (Wildman–Crippen MR) is 91.8 cm³/mol. The molecule has 0 spiro atoms. The molecule has 0 aromatic rings. The van der Waals surface area contributed by atoms with Crippen LogP contribution in [0.2, 0.25) is 0 Å². The molecule has 0 fully saturated rings. The molecule has 1 aliphatic carbocycles. The van der Waals surface area contributed by atoms with Crippen molar-refractivity contribution in [2.24, 2.45) is 16.7 Å². The molecule has 0 radical (unpaired) electrons. The summed E-state index contributed by atoms with van der Waals surface area (Å²) >= 11 is 0. The molecule has 0 bridgehead atoms. The van der Waals surface area contributed by atoms with Crippen LogP contribution in [0.3, 0.4) is 0 Å². The van der Waals surface area contributed by atoms with Crippen LogP contribution >= 0.6 is 0 Å². The van der Waals surface area contributed by atoms with Crippen molar-refractivity contribution in [3.8, 4) is 0 Å². The molecular weight excluding hydrogens is 240 g/mol. The second-order valence-electron chi connectivity index (χ2n) is 8.94. The van der Waals surface area contributed by atoms with Crippen molar-refractivity contribution in [3.05, 3.63) is 35.5 Å². The molecule has 1 aliphatic rings. The maximum atomic E-state index is 4.22. The maximum Gasteiger partial charge on any atom is -0.0181 e. The minimum Gasteiger partial charge on any atom is -0.0909 e. The smallest absolute Gasteiger partial charge is 0.0181 e. The summed E-state index contributed by atoms with van der Waals surface area (Å²) in [6.45, 7) is 24.7. The molecule has 0 heterocycles. The summed E-state index contributed by atoms with van der Waals surface area (Å²) in [5.41, 5.74) is 6.20. The van der Waals surface area contributed by atoms with Crippen LogP contribution < -0.4 is 0 Å². The average Bonchev–Trinajstić information content (AvgIpc) is 2.24. The second kappa shape index (κ2) is 5.92. The molecule has 0 N–H and O–H groups in total. The van der Waals surface area contributed by atoms with E-state index in [1.54, 1.807) is 0 Å². The Morgan fingerprint density at radius 2 is 1.45 bits per heavy atom. The highest BCUT2D eigenvalue weighted by molar-refractivity contribution is 5.68. The van der Waals surface area contributed by atoms with Gasteiger partial charge in [-0.05, 0) is 58.3 Å². The van der Waals surface area contributed by atoms with Crippen LogP contribution in [0.25, 0.3) is 0 Å². The molecule has 20 heavy (non-hydrogen) atoms. The standard InChI is InChI=1S/C20H34/c1-14(11-10-12-19(4,5)6)18-16(3)15(2)17(18)13-20(7,8)9/h14H,2-3,10-13H2,1,4-9H3. The third-order valence-corrected chi connectivity index (χ3v) is 4.14. The molecule has 1 unspecified atom stereocenters. The van der Waals surface area contributed by atoms with Gasteiger partial charge in [0, 0.05) is 0 Å². The van der Waals surface area contributed by atoms with E-state index < -0.39 is 0 Å². The van der Waals surface area contributed by atoms with Crippen LogP contribution in [0.15, 0.2) is 35.5 Å². The fourth-order valence-corrected chi connectivity index (χ4v) is 3.04. The molecule has 0 amide bonds. The molecule has 0 aromatic heterocycles. The fraction of sp³-hybridized carbons (Fsp3) is 0.700. The van der Waals surface area contributed by atoms with Crippen LogP contribution in [0, 0.1) is 16.7 Å². The molecule has 1 atom stereocenters. The minimum absolute atomic E-state index is 0.329. The zero-order valence-electron chi connectivity index (χ0n) is 14.8. The molecule has 1 rings (SSSR count). The summed E-state index contributed by atoms with van der Waals surface area (Å²) in [6.07, 6.45) is 5.00. The van der Waals surface area contributed by atoms with E-state index in [0.717, 1.165) is 6.42 Å². The van der Waals surface area contributed by atoms with Crippen molar-refractivity contribution in [2.45, 2.75) is 74.1 Å². The van der Waals surface area contributed by atoms with Gasteiger partial charge in [0.25, 0.3) is 0 Å². The molecule has 0 nitrogen and oxygen atoms in total. The lowest BCUT2D eigenvalue weighted by Gasteiger charge is -2.37. The Bertz CT molecular complexity index is 418. The lowest BCUT2D eigenvalue weighted by molar-refractivity contribution is 0.348. The summed E-state index contributed by atoms with van der Waals surface area (Å²) in [6, 6.07) is 0. The lowest BCUT2D eigenvalue weighted by atomic mass is 9.68. The van der Waals surface area contributed by atoms with Gasteiger partial charge in [0.2, 0.25) is 0 Å². The van der Waals surface area contributed by atoms with Crippen LogP contribution in [0.1, 0.15) is 74.1 Å². The molecule has 0 saturated carbocycles. The number of rotatable bonds is 5. The zero-order chi connectivity index (χ0) is 15.7. The van der Waals surface area contributed by atoms with E-state index in [0.29, 0.717) is 16.7 Å². The van der Waals surface area contributed by atoms with Gasteiger partial charge in [0.1, 0.15) is 0 Å². The maximum absolute atomic E-state index is 4.22. The van der Waals surface area contributed by atoms with Crippen molar-refractivity contribution < 1.29 is 0 Å². The third-order valence-electron chi connectivity index (χ3n) is 4.14. The van der Waals surface area contributed by atoms with E-state index in [1.807, 2.05) is 0 Å². The van der Waals surface area contributed by atoms with Crippen molar-refractivity contribution in [3.63, 3.8) is 0 Å². The van der Waals surface area contributed by atoms with Gasteiger partial charge in [0.15, 0.2) is 0 Å². The third kappa shape index (κ3) is 4.65. The Morgan fingerprint density at radius 1 is 0.900 bits per heavy atom. The summed E-state index contributed by atoms with van der Waals surface area (Å²) < 4.78 is 0. The Labute approximate surface area is 127 Å². The normalized spacial score (nSPS) is 18.4. The summed E-state index contributed by atoms with van der Waals surface area (Å²) in [4.78, 5) is 0. The molecule has 114 valence electrons. The monoisotopic (exact) mass is 274 g/mol. The zero-order valence-corrected chi connectivity index (χ0v) is 14.8. The van der Waals surface area contributed by atoms with Gasteiger partial charge in [-0.2, -0.15) is 0 Å². The van der Waals surface area contributed by atoms with E-state index in [4.69, 9.17) is 0 Å². The fourth-order valence-electron chi connectivity index (χ4n) is 3.04. The quantitative estimate of drug-likeness (QED) is 0.523. The van der Waals surface area contributed by atoms with Gasteiger partial charge in [-0.3, -0.25) is 0 Å². The number of hydrogen-bond donors (Lipinski definition) is 0. The first-order valence-corrected chi connectivity index (χ1v) is 8.04. The summed E-state index contributed by atoms with van der Waals surface area (Å²) in [5.74, 6) is 0.632. The average molecular weight is 274 g/mol. The van der Waals surface area contributed by atoms with Gasteiger partial charge in [-0.1, -0.05) is 68.0 Å². The van der Waals surface area contributed by atoms with Crippen molar-refractivity contribution in [2.75, 3.05) is 0 Å². The lowest BCUT2D eigenvalue weighted by Crippen LogP contribution is -2.21. The Morgan fingerprint density at radius 3 is 1.90 bits per heavy atom. The highest BCUT2D eigenvalue weighted by Gasteiger charge is 2.31. The Kier molecular flexibility index (Phi) is 5.11. The first-order valence-electron chi connectivity index (χ1n) is 8.04. The van der Waals surface area contributed by atoms with Crippen LogP contribution in [0.5, 0.6) is 0 Å². The van der Waals surface area contributed by atoms with Crippen molar-refractivity contribution in [1.29, 1.82) is 0 Å². The SMILES string of the molecule is C=C1C(=C)C(C(C)CCCC(C)(C)C)=C1CC(C)(C)C. The van der Waals surface area contributed by atoms with E-state index >= 15 is 0 Å². The van der Waals surface area contributed by atoms with E-state index in [9.17, 15) is 0 Å². The second-order valence-corrected chi connectivity index (χ2v) is 8.94. The minimum atomic E-state index is 0.329. The molecule has 0 saturated heterocycles. The summed E-state index contributed by atoms with van der Waals surface area (Å²) in [7, 11) is 0. The summed E-state index contributed by atoms with van der Waals surface area (Å²) in [5, 5.41) is 0. The number of hydrogen-bond acceptors (Lipinski definition) is 0. The van der Waals surface area contributed by atoms with Crippen molar-refractivity contribution >= 4 is 0 Å². The van der Waals surface area contributed by atoms with E-state index in [-0.39, 0.29) is 0 Å². The van der Waals surface area contributed by atoms with E-state index in [1.165, 1.54) is 41.6 Å². The molecule has 0 aromatic carbocycles. The van der Waals surface area contributed by atoms with E-state index in [2.05, 4.69) is 61.6 Å². The largest absolute Gasteiger partial charge is 0.0909 e. The van der Waals surface area contributed by atoms with Gasteiger partial charge in [-0.25, -0.2) is 0 Å². The molecule has 0 aliphatic heterocycles. The van der Waals surface area contributed by atoms with Gasteiger partial charge < -0.3 is 0 Å². The highest BCUT2D eigenvalue weighted by Crippen LogP contribution is 2.47. The first kappa shape index (κ1) is 17.3. The molecule has 0 heteroatoms. The Balaban J connectivity index is 2.71. The topological polar surface area (TPSA) is 0 Å². The van der Waals surface area contributed by atoms with Gasteiger partial charge in [0.05, 0.1) is 0 Å². The van der Waals surface area contributed by atoms with Gasteiger partial charge in [-0.15, -0.1) is 0 Å². The van der Waals surface area contributed by atoms with Crippen LogP contribution in [-0.4, -0.2) is 0 Å². The number of allylic oxidation sites excluding steroid dienone is 4. The van der Waals surface area contributed by atoms with Crippen molar-refractivity contribution in [1.82, 2.24) is 0 Å². The predicted octanol–water partition coefficient (Wildman–Crippen LogP) is 6.70. The Hall–Kier alpha value is -0.780. The first-order chi connectivity index (χ1) is 8.92.